The third-order valence-corrected chi connectivity index (χ3v) is 5.12. The summed E-state index contributed by atoms with van der Waals surface area (Å²) in [5.41, 5.74) is 2.32. The van der Waals surface area contributed by atoms with Crippen LogP contribution >= 0.6 is 0 Å². The van der Waals surface area contributed by atoms with Crippen molar-refractivity contribution in [3.8, 4) is 0 Å². The van der Waals surface area contributed by atoms with Crippen LogP contribution in [0.15, 0.2) is 6.07 Å². The molecule has 122 valence electrons. The molecule has 2 fully saturated rings. The summed E-state index contributed by atoms with van der Waals surface area (Å²) < 4.78 is 2.09. The van der Waals surface area contributed by atoms with E-state index < -0.39 is 0 Å². The Labute approximate surface area is 133 Å². The number of hydrogen-bond donors (Lipinski definition) is 0. The first-order valence-corrected chi connectivity index (χ1v) is 8.65. The molecule has 0 atom stereocenters. The minimum absolute atomic E-state index is 0.321. The summed E-state index contributed by atoms with van der Waals surface area (Å²) in [6.07, 6.45) is 4.69. The predicted octanol–water partition coefficient (Wildman–Crippen LogP) is 1.83. The number of rotatable bonds is 4. The zero-order chi connectivity index (χ0) is 15.5. The molecular formula is C17H28N4O. The molecule has 1 aromatic rings. The predicted molar refractivity (Wildman–Crippen MR) is 86.7 cm³/mol. The topological polar surface area (TPSA) is 41.4 Å². The van der Waals surface area contributed by atoms with Crippen LogP contribution < -0.4 is 0 Å². The zero-order valence-electron chi connectivity index (χ0n) is 13.9. The van der Waals surface area contributed by atoms with E-state index in [4.69, 9.17) is 0 Å². The second-order valence-electron chi connectivity index (χ2n) is 6.80. The van der Waals surface area contributed by atoms with Gasteiger partial charge in [-0.05, 0) is 32.8 Å². The molecule has 0 unspecified atom stereocenters. The largest absolute Gasteiger partial charge is 0.340 e. The van der Waals surface area contributed by atoms with E-state index in [-0.39, 0.29) is 0 Å². The van der Waals surface area contributed by atoms with Gasteiger partial charge in [0.05, 0.1) is 12.2 Å². The van der Waals surface area contributed by atoms with Crippen molar-refractivity contribution in [1.29, 1.82) is 0 Å². The molecule has 0 spiro atoms. The van der Waals surface area contributed by atoms with Crippen molar-refractivity contribution in [3.05, 3.63) is 17.5 Å². The van der Waals surface area contributed by atoms with Crippen molar-refractivity contribution in [2.45, 2.75) is 46.1 Å². The van der Waals surface area contributed by atoms with Gasteiger partial charge in [-0.25, -0.2) is 0 Å². The Morgan fingerprint density at radius 1 is 1.14 bits per heavy atom. The SMILES string of the molecule is Cc1cc(C)n(CCN2CCN(C(=O)C3CCCC3)CC2)n1. The minimum Gasteiger partial charge on any atom is -0.340 e. The Morgan fingerprint density at radius 2 is 1.82 bits per heavy atom. The maximum absolute atomic E-state index is 12.4. The average Bonchev–Trinajstić information content (AvgIpc) is 3.15. The molecule has 1 saturated carbocycles. The monoisotopic (exact) mass is 304 g/mol. The first-order chi connectivity index (χ1) is 10.6. The second kappa shape index (κ2) is 6.82. The van der Waals surface area contributed by atoms with E-state index in [1.165, 1.54) is 18.5 Å². The van der Waals surface area contributed by atoms with Gasteiger partial charge in [-0.1, -0.05) is 12.8 Å². The molecule has 1 saturated heterocycles. The van der Waals surface area contributed by atoms with E-state index in [2.05, 4.69) is 32.6 Å². The lowest BCUT2D eigenvalue weighted by Gasteiger charge is -2.36. The number of carbonyl (C=O) groups excluding carboxylic acids is 1. The van der Waals surface area contributed by atoms with Crippen LogP contribution in [0.1, 0.15) is 37.1 Å². The lowest BCUT2D eigenvalue weighted by molar-refractivity contribution is -0.137. The summed E-state index contributed by atoms with van der Waals surface area (Å²) >= 11 is 0. The molecule has 0 bridgehead atoms. The fraction of sp³-hybridized carbons (Fsp3) is 0.765. The summed E-state index contributed by atoms with van der Waals surface area (Å²) in [5.74, 6) is 0.733. The van der Waals surface area contributed by atoms with E-state index in [0.717, 1.165) is 57.8 Å². The van der Waals surface area contributed by atoms with Crippen LogP contribution in [0.2, 0.25) is 0 Å². The molecule has 2 heterocycles. The highest BCUT2D eigenvalue weighted by Gasteiger charge is 2.29. The summed E-state index contributed by atoms with van der Waals surface area (Å²) in [4.78, 5) is 17.0. The van der Waals surface area contributed by atoms with Gasteiger partial charge in [-0.3, -0.25) is 14.4 Å². The average molecular weight is 304 g/mol. The van der Waals surface area contributed by atoms with Crippen LogP contribution in [0.3, 0.4) is 0 Å². The molecule has 3 rings (SSSR count). The van der Waals surface area contributed by atoms with Gasteiger partial charge in [0.25, 0.3) is 0 Å². The highest BCUT2D eigenvalue weighted by molar-refractivity contribution is 5.79. The molecule has 5 heteroatoms. The highest BCUT2D eigenvalue weighted by Crippen LogP contribution is 2.26. The van der Waals surface area contributed by atoms with Crippen molar-refractivity contribution in [2.75, 3.05) is 32.7 Å². The van der Waals surface area contributed by atoms with E-state index >= 15 is 0 Å². The molecule has 22 heavy (non-hydrogen) atoms. The van der Waals surface area contributed by atoms with Crippen LogP contribution in [0.5, 0.6) is 0 Å². The Morgan fingerprint density at radius 3 is 2.41 bits per heavy atom. The molecule has 0 N–H and O–H groups in total. The zero-order valence-corrected chi connectivity index (χ0v) is 13.9. The van der Waals surface area contributed by atoms with Gasteiger partial charge in [-0.15, -0.1) is 0 Å². The molecule has 1 aliphatic carbocycles. The van der Waals surface area contributed by atoms with Gasteiger partial charge in [-0.2, -0.15) is 5.10 Å². The maximum atomic E-state index is 12.4. The Bertz CT molecular complexity index is 511. The lowest BCUT2D eigenvalue weighted by Crippen LogP contribution is -2.50. The van der Waals surface area contributed by atoms with Crippen LogP contribution in [0, 0.1) is 19.8 Å². The van der Waals surface area contributed by atoms with E-state index in [1.54, 1.807) is 0 Å². The number of amides is 1. The smallest absolute Gasteiger partial charge is 0.225 e. The van der Waals surface area contributed by atoms with Gasteiger partial charge >= 0.3 is 0 Å². The van der Waals surface area contributed by atoms with Crippen LogP contribution in [-0.2, 0) is 11.3 Å². The fourth-order valence-corrected chi connectivity index (χ4v) is 3.76. The third-order valence-electron chi connectivity index (χ3n) is 5.12. The molecule has 2 aliphatic rings. The van der Waals surface area contributed by atoms with E-state index in [9.17, 15) is 4.79 Å². The van der Waals surface area contributed by atoms with Gasteiger partial charge in [0.15, 0.2) is 0 Å². The number of carbonyl (C=O) groups is 1. The first kappa shape index (κ1) is 15.5. The number of piperazine rings is 1. The molecule has 0 radical (unpaired) electrons. The molecule has 5 nitrogen and oxygen atoms in total. The van der Waals surface area contributed by atoms with Gasteiger partial charge in [0, 0.05) is 44.3 Å². The summed E-state index contributed by atoms with van der Waals surface area (Å²) in [7, 11) is 0. The maximum Gasteiger partial charge on any atom is 0.225 e. The van der Waals surface area contributed by atoms with Crippen molar-refractivity contribution >= 4 is 5.91 Å². The summed E-state index contributed by atoms with van der Waals surface area (Å²) in [5, 5.41) is 4.52. The first-order valence-electron chi connectivity index (χ1n) is 8.65. The van der Waals surface area contributed by atoms with Gasteiger partial charge in [0.2, 0.25) is 5.91 Å². The van der Waals surface area contributed by atoms with E-state index in [1.807, 2.05) is 6.92 Å². The van der Waals surface area contributed by atoms with Crippen molar-refractivity contribution < 1.29 is 4.79 Å². The Kier molecular flexibility index (Phi) is 4.81. The number of aromatic nitrogens is 2. The van der Waals surface area contributed by atoms with Gasteiger partial charge < -0.3 is 4.90 Å². The quantitative estimate of drug-likeness (QED) is 0.852. The minimum atomic E-state index is 0.321. The van der Waals surface area contributed by atoms with Crippen LogP contribution in [-0.4, -0.2) is 58.2 Å². The van der Waals surface area contributed by atoms with Gasteiger partial charge in [0.1, 0.15) is 0 Å². The number of nitrogens with zero attached hydrogens (tertiary/aromatic N) is 4. The molecule has 1 aromatic heterocycles. The highest BCUT2D eigenvalue weighted by atomic mass is 16.2. The Hall–Kier alpha value is -1.36. The van der Waals surface area contributed by atoms with Crippen molar-refractivity contribution in [2.24, 2.45) is 5.92 Å². The van der Waals surface area contributed by atoms with Crippen molar-refractivity contribution in [3.63, 3.8) is 0 Å². The van der Waals surface area contributed by atoms with Crippen LogP contribution in [0.25, 0.3) is 0 Å². The molecule has 1 amide bonds. The van der Waals surface area contributed by atoms with Crippen molar-refractivity contribution in [1.82, 2.24) is 19.6 Å². The van der Waals surface area contributed by atoms with E-state index in [0.29, 0.717) is 11.8 Å². The molecule has 0 aromatic carbocycles. The standard InChI is InChI=1S/C17H28N4O/c1-14-13-15(2)21(18-14)12-9-19-7-10-20(11-8-19)17(22)16-5-3-4-6-16/h13,16H,3-12H2,1-2H3. The number of hydrogen-bond acceptors (Lipinski definition) is 3. The summed E-state index contributed by atoms with van der Waals surface area (Å²) in [6, 6.07) is 2.12. The lowest BCUT2D eigenvalue weighted by atomic mass is 10.1. The third kappa shape index (κ3) is 3.51. The molecular weight excluding hydrogens is 276 g/mol. The Balaban J connectivity index is 1.43. The second-order valence-corrected chi connectivity index (χ2v) is 6.80. The fourth-order valence-electron chi connectivity index (χ4n) is 3.76. The molecule has 1 aliphatic heterocycles. The normalized spacial score (nSPS) is 20.7. The number of aryl methyl sites for hydroxylation is 2. The summed E-state index contributed by atoms with van der Waals surface area (Å²) in [6.45, 7) is 9.90. The van der Waals surface area contributed by atoms with Crippen LogP contribution in [0.4, 0.5) is 0 Å².